The van der Waals surface area contributed by atoms with Gasteiger partial charge in [-0.2, -0.15) is 0 Å². The molecule has 2 rings (SSSR count). The molecule has 1 aliphatic rings. The minimum atomic E-state index is -4.30. The summed E-state index contributed by atoms with van der Waals surface area (Å²) >= 11 is 0. The first kappa shape index (κ1) is 22.2. The Morgan fingerprint density at radius 1 is 0.963 bits per heavy atom. The quantitative estimate of drug-likeness (QED) is 0.554. The lowest BCUT2D eigenvalue weighted by Crippen LogP contribution is -2.36. The Morgan fingerprint density at radius 3 is 1.96 bits per heavy atom. The molecule has 0 aliphatic carbocycles. The minimum Gasteiger partial charge on any atom is -0.366 e. The normalized spacial score (nSPS) is 19.8. The molecule has 27 heavy (non-hydrogen) atoms. The Labute approximate surface area is 158 Å². The number of rotatable bonds is 10. The number of hydrogen-bond acceptors (Lipinski definition) is 8. The highest BCUT2D eigenvalue weighted by Gasteiger charge is 2.61. The molecule has 11 heteroatoms. The number of benzene rings is 1. The number of amides is 1. The fourth-order valence-electron chi connectivity index (χ4n) is 2.79. The van der Waals surface area contributed by atoms with E-state index in [0.29, 0.717) is 0 Å². The van der Waals surface area contributed by atoms with E-state index in [9.17, 15) is 19.0 Å². The number of anilines is 1. The lowest BCUT2D eigenvalue weighted by molar-refractivity contribution is -0.128. The molecule has 1 atom stereocenters. The van der Waals surface area contributed by atoms with Gasteiger partial charge in [0.25, 0.3) is 11.2 Å². The van der Waals surface area contributed by atoms with Crippen LogP contribution in [-0.2, 0) is 37.4 Å². The fourth-order valence-corrected chi connectivity index (χ4v) is 6.30. The number of nitrogens with one attached hydrogen (secondary N) is 1. The van der Waals surface area contributed by atoms with Gasteiger partial charge in [0, 0.05) is 11.3 Å². The van der Waals surface area contributed by atoms with Crippen molar-refractivity contribution in [3.63, 3.8) is 0 Å². The molecule has 0 spiro atoms. The zero-order valence-electron chi connectivity index (χ0n) is 15.8. The van der Waals surface area contributed by atoms with Crippen LogP contribution in [0.2, 0.25) is 0 Å². The predicted octanol–water partition coefficient (Wildman–Crippen LogP) is 2.94. The van der Waals surface area contributed by atoms with E-state index in [4.69, 9.17) is 18.1 Å². The van der Waals surface area contributed by atoms with E-state index >= 15 is 0 Å². The van der Waals surface area contributed by atoms with Crippen LogP contribution in [-0.4, -0.2) is 37.4 Å². The largest absolute Gasteiger partial charge is 0.376 e. The standard InChI is InChI=1S/C16H25NO8P2/c1-5-22-26(20,23-6-2)12-9-10-14-13(11-12)16(19,15(18)17-14)27(21,24-7-3)25-8-4/h9-11,19H,5-8H2,1-4H3,(H,17,18). The second-order valence-corrected chi connectivity index (χ2v) is 9.71. The maximum atomic E-state index is 13.2. The van der Waals surface area contributed by atoms with Gasteiger partial charge in [-0.25, -0.2) is 0 Å². The second-order valence-electron chi connectivity index (χ2n) is 5.52. The molecule has 0 saturated heterocycles. The van der Waals surface area contributed by atoms with Gasteiger partial charge in [0.1, 0.15) is 0 Å². The summed E-state index contributed by atoms with van der Waals surface area (Å²) < 4.78 is 47.3. The van der Waals surface area contributed by atoms with Crippen LogP contribution in [0.5, 0.6) is 0 Å². The molecule has 0 saturated carbocycles. The molecule has 0 aromatic heterocycles. The predicted molar refractivity (Wildman–Crippen MR) is 100 cm³/mol. The maximum absolute atomic E-state index is 13.2. The van der Waals surface area contributed by atoms with Crippen molar-refractivity contribution in [1.82, 2.24) is 0 Å². The summed E-state index contributed by atoms with van der Waals surface area (Å²) in [6.07, 6.45) is 0. The molecular weight excluding hydrogens is 396 g/mol. The summed E-state index contributed by atoms with van der Waals surface area (Å²) in [5.74, 6) is -0.942. The summed E-state index contributed by atoms with van der Waals surface area (Å²) in [6, 6.07) is 4.18. The zero-order chi connectivity index (χ0) is 20.3. The number of aliphatic hydroxyl groups is 1. The van der Waals surface area contributed by atoms with Crippen LogP contribution in [0.25, 0.3) is 0 Å². The van der Waals surface area contributed by atoms with Crippen molar-refractivity contribution in [3.8, 4) is 0 Å². The lowest BCUT2D eigenvalue weighted by Gasteiger charge is -2.29. The van der Waals surface area contributed by atoms with Crippen LogP contribution in [0.4, 0.5) is 5.69 Å². The SMILES string of the molecule is CCOP(=O)(OCC)c1ccc2c(c1)C(O)(P(=O)(OCC)OCC)C(=O)N2. The number of carbonyl (C=O) groups is 1. The average Bonchev–Trinajstić information content (AvgIpc) is 2.87. The molecule has 1 heterocycles. The Hall–Kier alpha value is -1.05. The second kappa shape index (κ2) is 8.53. The Kier molecular flexibility index (Phi) is 7.03. The summed E-state index contributed by atoms with van der Waals surface area (Å²) in [7, 11) is -7.98. The Balaban J connectivity index is 2.64. The first-order valence-corrected chi connectivity index (χ1v) is 11.8. The van der Waals surface area contributed by atoms with Crippen LogP contribution in [0.1, 0.15) is 33.3 Å². The van der Waals surface area contributed by atoms with Crippen LogP contribution in [0.3, 0.4) is 0 Å². The maximum Gasteiger partial charge on any atom is 0.376 e. The molecule has 0 radical (unpaired) electrons. The van der Waals surface area contributed by atoms with Gasteiger partial charge in [0.05, 0.1) is 31.7 Å². The van der Waals surface area contributed by atoms with Crippen molar-refractivity contribution in [1.29, 1.82) is 0 Å². The van der Waals surface area contributed by atoms with Crippen molar-refractivity contribution in [2.75, 3.05) is 31.7 Å². The third kappa shape index (κ3) is 3.78. The van der Waals surface area contributed by atoms with Crippen molar-refractivity contribution in [2.24, 2.45) is 0 Å². The van der Waals surface area contributed by atoms with Crippen molar-refractivity contribution in [3.05, 3.63) is 23.8 Å². The minimum absolute atomic E-state index is 0.0434. The van der Waals surface area contributed by atoms with Crippen molar-refractivity contribution >= 4 is 32.1 Å². The molecule has 152 valence electrons. The van der Waals surface area contributed by atoms with Gasteiger partial charge in [-0.15, -0.1) is 0 Å². The van der Waals surface area contributed by atoms with E-state index in [-0.39, 0.29) is 43.0 Å². The van der Waals surface area contributed by atoms with E-state index in [1.807, 2.05) is 0 Å². The fraction of sp³-hybridized carbons (Fsp3) is 0.562. The van der Waals surface area contributed by atoms with Crippen LogP contribution >= 0.6 is 15.2 Å². The first-order valence-electron chi connectivity index (χ1n) is 8.69. The molecular formula is C16H25NO8P2. The highest BCUT2D eigenvalue weighted by Crippen LogP contribution is 2.66. The van der Waals surface area contributed by atoms with E-state index < -0.39 is 26.4 Å². The third-order valence-corrected chi connectivity index (χ3v) is 8.39. The van der Waals surface area contributed by atoms with Gasteiger partial charge >= 0.3 is 15.2 Å². The Morgan fingerprint density at radius 2 is 1.48 bits per heavy atom. The summed E-state index contributed by atoms with van der Waals surface area (Å²) in [4.78, 5) is 12.5. The molecule has 1 amide bonds. The average molecular weight is 421 g/mol. The zero-order valence-corrected chi connectivity index (χ0v) is 17.5. The van der Waals surface area contributed by atoms with Crippen LogP contribution in [0, 0.1) is 0 Å². The van der Waals surface area contributed by atoms with Gasteiger partial charge < -0.3 is 28.5 Å². The van der Waals surface area contributed by atoms with Gasteiger partial charge in [0.2, 0.25) is 0 Å². The number of fused-ring (bicyclic) bond motifs is 1. The van der Waals surface area contributed by atoms with E-state index in [1.165, 1.54) is 18.2 Å². The molecule has 2 N–H and O–H groups in total. The van der Waals surface area contributed by atoms with Gasteiger partial charge in [0.15, 0.2) is 0 Å². The first-order chi connectivity index (χ1) is 12.7. The molecule has 1 unspecified atom stereocenters. The molecule has 1 aromatic carbocycles. The van der Waals surface area contributed by atoms with E-state index in [1.54, 1.807) is 27.7 Å². The smallest absolute Gasteiger partial charge is 0.366 e. The monoisotopic (exact) mass is 421 g/mol. The molecule has 9 nitrogen and oxygen atoms in total. The summed E-state index contributed by atoms with van der Waals surface area (Å²) in [6.45, 7) is 6.64. The van der Waals surface area contributed by atoms with Crippen molar-refractivity contribution < 1.29 is 37.1 Å². The van der Waals surface area contributed by atoms with E-state index in [2.05, 4.69) is 5.32 Å². The molecule has 0 fully saturated rings. The molecule has 1 aliphatic heterocycles. The van der Waals surface area contributed by atoms with Gasteiger partial charge in [-0.1, -0.05) is 0 Å². The van der Waals surface area contributed by atoms with Gasteiger partial charge in [-0.3, -0.25) is 13.9 Å². The van der Waals surface area contributed by atoms with Crippen LogP contribution < -0.4 is 10.6 Å². The highest BCUT2D eigenvalue weighted by atomic mass is 31.2. The van der Waals surface area contributed by atoms with Gasteiger partial charge in [-0.05, 0) is 45.9 Å². The summed E-state index contributed by atoms with van der Waals surface area (Å²) in [5.41, 5.74) is 0.153. The summed E-state index contributed by atoms with van der Waals surface area (Å²) in [5, 5.41) is 11.2. The highest BCUT2D eigenvalue weighted by molar-refractivity contribution is 7.62. The number of hydrogen-bond donors (Lipinski definition) is 2. The Bertz CT molecular complexity index is 779. The van der Waals surface area contributed by atoms with E-state index in [0.717, 1.165) is 0 Å². The molecule has 1 aromatic rings. The lowest BCUT2D eigenvalue weighted by atomic mass is 10.1. The third-order valence-electron chi connectivity index (χ3n) is 3.85. The van der Waals surface area contributed by atoms with Crippen molar-refractivity contribution in [2.45, 2.75) is 33.0 Å². The number of carbonyl (C=O) groups excluding carboxylic acids is 1. The van der Waals surface area contributed by atoms with Crippen LogP contribution in [0.15, 0.2) is 18.2 Å². The molecule has 0 bridgehead atoms. The topological polar surface area (TPSA) is 120 Å².